The Kier molecular flexibility index (Phi) is 7.31. The fraction of sp³-hybridized carbons (Fsp3) is 0.353. The van der Waals surface area contributed by atoms with E-state index >= 15 is 0 Å². The Bertz CT molecular complexity index is 766. The molecule has 0 unspecified atom stereocenters. The predicted molar refractivity (Wildman–Crippen MR) is 106 cm³/mol. The van der Waals surface area contributed by atoms with Gasteiger partial charge in [0.2, 0.25) is 0 Å². The van der Waals surface area contributed by atoms with Gasteiger partial charge >= 0.3 is 5.97 Å². The lowest BCUT2D eigenvalue weighted by Gasteiger charge is -2.13. The lowest BCUT2D eigenvalue weighted by molar-refractivity contribution is -0.137. The number of benzene rings is 1. The highest BCUT2D eigenvalue weighted by molar-refractivity contribution is 8.26. The number of aliphatic carboxylic acids is 1. The molecule has 0 radical (unpaired) electrons. The van der Waals surface area contributed by atoms with Gasteiger partial charge in [0.25, 0.3) is 5.91 Å². The number of halogens is 1. The third kappa shape index (κ3) is 4.90. The Morgan fingerprint density at radius 2 is 2.19 bits per heavy atom. The fourth-order valence-corrected chi connectivity index (χ4v) is 3.80. The van der Waals surface area contributed by atoms with Crippen LogP contribution in [0.15, 0.2) is 17.0 Å². The molecule has 1 aliphatic rings. The molecule has 1 heterocycles. The molecular weight excluding hydrogens is 398 g/mol. The van der Waals surface area contributed by atoms with Gasteiger partial charge in [-0.2, -0.15) is 0 Å². The first-order valence-corrected chi connectivity index (χ1v) is 9.45. The lowest BCUT2D eigenvalue weighted by Crippen LogP contribution is -2.30. The van der Waals surface area contributed by atoms with Gasteiger partial charge in [-0.15, -0.1) is 0 Å². The second-order valence-electron chi connectivity index (χ2n) is 5.36. The Hall–Kier alpha value is -1.77. The van der Waals surface area contributed by atoms with Crippen molar-refractivity contribution in [3.05, 3.63) is 27.6 Å². The highest BCUT2D eigenvalue weighted by atomic mass is 35.5. The molecule has 2 rings (SSSR count). The summed E-state index contributed by atoms with van der Waals surface area (Å²) in [4.78, 5) is 24.9. The van der Waals surface area contributed by atoms with E-state index in [1.165, 1.54) is 12.0 Å². The molecule has 0 aromatic heterocycles. The quantitative estimate of drug-likeness (QED) is 0.511. The van der Waals surface area contributed by atoms with Crippen LogP contribution in [0.4, 0.5) is 0 Å². The molecule has 6 nitrogen and oxygen atoms in total. The second-order valence-corrected chi connectivity index (χ2v) is 7.44. The third-order valence-electron chi connectivity index (χ3n) is 3.42. The van der Waals surface area contributed by atoms with Gasteiger partial charge < -0.3 is 14.6 Å². The number of carbonyl (C=O) groups is 2. The van der Waals surface area contributed by atoms with Crippen molar-refractivity contribution in [2.24, 2.45) is 0 Å². The standard InChI is InChI=1S/C17H18ClNO5S2/c1-3-6-24-15-11(18)7-10(8-12(15)23-2)9-13-16(22)19(17(25)26-13)5-4-14(20)21/h7-9H,3-6H2,1-2H3,(H,20,21)/b13-9-. The van der Waals surface area contributed by atoms with Crippen LogP contribution < -0.4 is 9.47 Å². The first-order valence-electron chi connectivity index (χ1n) is 7.84. The number of hydrogen-bond donors (Lipinski definition) is 1. The molecule has 1 fully saturated rings. The van der Waals surface area contributed by atoms with Crippen LogP contribution in [0.2, 0.25) is 5.02 Å². The molecule has 140 valence electrons. The zero-order valence-electron chi connectivity index (χ0n) is 14.3. The predicted octanol–water partition coefficient (Wildman–Crippen LogP) is 3.81. The molecule has 1 amide bonds. The number of carbonyl (C=O) groups excluding carboxylic acids is 1. The Morgan fingerprint density at radius 3 is 2.81 bits per heavy atom. The SMILES string of the molecule is CCCOc1c(Cl)cc(/C=C2\SC(=S)N(CCC(=O)O)C2=O)cc1OC. The fourth-order valence-electron chi connectivity index (χ4n) is 2.22. The molecule has 1 aliphatic heterocycles. The van der Waals surface area contributed by atoms with E-state index in [1.807, 2.05) is 6.92 Å². The van der Waals surface area contributed by atoms with Crippen molar-refractivity contribution in [1.29, 1.82) is 0 Å². The van der Waals surface area contributed by atoms with E-state index in [0.717, 1.165) is 18.2 Å². The number of hydrogen-bond acceptors (Lipinski definition) is 6. The number of ether oxygens (including phenoxy) is 2. The summed E-state index contributed by atoms with van der Waals surface area (Å²) in [5.41, 5.74) is 0.662. The van der Waals surface area contributed by atoms with Gasteiger partial charge in [-0.3, -0.25) is 14.5 Å². The van der Waals surface area contributed by atoms with E-state index in [4.69, 9.17) is 38.4 Å². The smallest absolute Gasteiger partial charge is 0.305 e. The molecule has 9 heteroatoms. The van der Waals surface area contributed by atoms with Crippen molar-refractivity contribution in [1.82, 2.24) is 4.90 Å². The zero-order valence-corrected chi connectivity index (χ0v) is 16.7. The maximum atomic E-state index is 12.4. The first-order chi connectivity index (χ1) is 12.4. The van der Waals surface area contributed by atoms with Gasteiger partial charge in [0, 0.05) is 6.54 Å². The number of amides is 1. The molecule has 0 aliphatic carbocycles. The lowest BCUT2D eigenvalue weighted by atomic mass is 10.1. The van der Waals surface area contributed by atoms with Crippen molar-refractivity contribution >= 4 is 57.9 Å². The molecule has 1 aromatic carbocycles. The molecule has 1 saturated heterocycles. The number of methoxy groups -OCH3 is 1. The van der Waals surface area contributed by atoms with E-state index < -0.39 is 5.97 Å². The molecule has 0 saturated carbocycles. The molecule has 0 spiro atoms. The van der Waals surface area contributed by atoms with Gasteiger partial charge in [0.1, 0.15) is 4.32 Å². The van der Waals surface area contributed by atoms with E-state index in [2.05, 4.69) is 0 Å². The molecule has 0 bridgehead atoms. The van der Waals surface area contributed by atoms with E-state index in [9.17, 15) is 9.59 Å². The number of thioether (sulfide) groups is 1. The van der Waals surface area contributed by atoms with Gasteiger partial charge in [0.05, 0.1) is 30.1 Å². The normalized spacial score (nSPS) is 15.7. The molecule has 26 heavy (non-hydrogen) atoms. The van der Waals surface area contributed by atoms with Crippen LogP contribution in [0.3, 0.4) is 0 Å². The number of carboxylic acid groups (broad SMARTS) is 1. The summed E-state index contributed by atoms with van der Waals surface area (Å²) >= 11 is 12.6. The largest absolute Gasteiger partial charge is 0.493 e. The van der Waals surface area contributed by atoms with Crippen molar-refractivity contribution in [2.45, 2.75) is 19.8 Å². The number of carboxylic acids is 1. The van der Waals surface area contributed by atoms with Crippen molar-refractivity contribution in [2.75, 3.05) is 20.3 Å². The summed E-state index contributed by atoms with van der Waals surface area (Å²) in [6.45, 7) is 2.55. The summed E-state index contributed by atoms with van der Waals surface area (Å²) < 4.78 is 11.3. The average molecular weight is 416 g/mol. The maximum Gasteiger partial charge on any atom is 0.305 e. The van der Waals surface area contributed by atoms with Crippen LogP contribution in [0, 0.1) is 0 Å². The van der Waals surface area contributed by atoms with Crippen LogP contribution in [-0.4, -0.2) is 46.5 Å². The Balaban J connectivity index is 2.26. The van der Waals surface area contributed by atoms with Crippen molar-refractivity contribution in [3.8, 4) is 11.5 Å². The number of rotatable bonds is 8. The molecule has 1 N–H and O–H groups in total. The van der Waals surface area contributed by atoms with Crippen LogP contribution in [0.1, 0.15) is 25.3 Å². The van der Waals surface area contributed by atoms with Gasteiger partial charge in [-0.05, 0) is 30.2 Å². The minimum absolute atomic E-state index is 0.0468. The van der Waals surface area contributed by atoms with E-state index in [0.29, 0.717) is 37.9 Å². The number of nitrogens with zero attached hydrogens (tertiary/aromatic N) is 1. The van der Waals surface area contributed by atoms with E-state index in [-0.39, 0.29) is 18.9 Å². The van der Waals surface area contributed by atoms with E-state index in [1.54, 1.807) is 18.2 Å². The van der Waals surface area contributed by atoms with Crippen LogP contribution >= 0.6 is 35.6 Å². The molecule has 1 aromatic rings. The summed E-state index contributed by atoms with van der Waals surface area (Å²) in [5.74, 6) is -0.370. The second kappa shape index (κ2) is 9.25. The van der Waals surface area contributed by atoms with Crippen molar-refractivity contribution in [3.63, 3.8) is 0 Å². The minimum atomic E-state index is -0.984. The monoisotopic (exact) mass is 415 g/mol. The summed E-state index contributed by atoms with van der Waals surface area (Å²) in [6, 6.07) is 3.40. The average Bonchev–Trinajstić information content (AvgIpc) is 2.85. The van der Waals surface area contributed by atoms with Gasteiger partial charge in [0.15, 0.2) is 11.5 Å². The summed E-state index contributed by atoms with van der Waals surface area (Å²) in [6.07, 6.45) is 2.32. The van der Waals surface area contributed by atoms with Crippen LogP contribution in [0.5, 0.6) is 11.5 Å². The molecular formula is C17H18ClNO5S2. The van der Waals surface area contributed by atoms with Gasteiger partial charge in [-0.25, -0.2) is 0 Å². The van der Waals surface area contributed by atoms with Crippen molar-refractivity contribution < 1.29 is 24.2 Å². The zero-order chi connectivity index (χ0) is 19.3. The Morgan fingerprint density at radius 1 is 1.46 bits per heavy atom. The topological polar surface area (TPSA) is 76.1 Å². The Labute approximate surface area is 166 Å². The summed E-state index contributed by atoms with van der Waals surface area (Å²) in [7, 11) is 1.51. The highest BCUT2D eigenvalue weighted by Gasteiger charge is 2.32. The number of thiocarbonyl (C=S) groups is 1. The summed E-state index contributed by atoms with van der Waals surface area (Å²) in [5, 5.41) is 9.16. The molecule has 0 atom stereocenters. The minimum Gasteiger partial charge on any atom is -0.493 e. The first kappa shape index (κ1) is 20.5. The van der Waals surface area contributed by atoms with Crippen LogP contribution in [-0.2, 0) is 9.59 Å². The van der Waals surface area contributed by atoms with Crippen LogP contribution in [0.25, 0.3) is 6.08 Å². The highest BCUT2D eigenvalue weighted by Crippen LogP contribution is 2.39. The van der Waals surface area contributed by atoms with Gasteiger partial charge in [-0.1, -0.05) is 42.5 Å². The maximum absolute atomic E-state index is 12.4. The third-order valence-corrected chi connectivity index (χ3v) is 5.08.